The Hall–Kier alpha value is -1.42. The summed E-state index contributed by atoms with van der Waals surface area (Å²) in [6, 6.07) is 9.21. The van der Waals surface area contributed by atoms with Crippen molar-refractivity contribution in [2.24, 2.45) is 5.29 Å². The van der Waals surface area contributed by atoms with Gasteiger partial charge in [0.1, 0.15) is 6.10 Å². The highest BCUT2D eigenvalue weighted by molar-refractivity contribution is 5.19. The molecule has 1 aromatic carbocycles. The van der Waals surface area contributed by atoms with Gasteiger partial charge < -0.3 is 5.11 Å². The fourth-order valence-electron chi connectivity index (χ4n) is 2.52. The molecule has 1 aromatic rings. The number of hydrogen-bond donors (Lipinski definition) is 1. The molecule has 2 atom stereocenters. The lowest BCUT2D eigenvalue weighted by atomic mass is 10.0. The van der Waals surface area contributed by atoms with Crippen LogP contribution in [0.15, 0.2) is 35.6 Å². The van der Waals surface area contributed by atoms with Gasteiger partial charge in [-0.25, -0.2) is 5.01 Å². The molecule has 1 aliphatic heterocycles. The summed E-state index contributed by atoms with van der Waals surface area (Å²) in [5, 5.41) is 14.9. The van der Waals surface area contributed by atoms with Crippen LogP contribution in [0.2, 0.25) is 0 Å². The summed E-state index contributed by atoms with van der Waals surface area (Å²) in [4.78, 5) is 10.9. The maximum atomic E-state index is 10.9. The SMILES string of the molecule is CC1(C)CCC(C(O)c2ccccc2)N1N=O. The zero-order valence-electron chi connectivity index (χ0n) is 10.2. The molecule has 1 fully saturated rings. The number of aliphatic hydroxyl groups is 1. The van der Waals surface area contributed by atoms with Crippen molar-refractivity contribution in [1.29, 1.82) is 0 Å². The van der Waals surface area contributed by atoms with E-state index in [1.165, 1.54) is 5.01 Å². The summed E-state index contributed by atoms with van der Waals surface area (Å²) >= 11 is 0. The van der Waals surface area contributed by atoms with Crippen LogP contribution in [0.3, 0.4) is 0 Å². The van der Waals surface area contributed by atoms with Gasteiger partial charge in [0.15, 0.2) is 0 Å². The Kier molecular flexibility index (Phi) is 3.15. The second-order valence-electron chi connectivity index (χ2n) is 5.20. The van der Waals surface area contributed by atoms with Gasteiger partial charge in [-0.2, -0.15) is 0 Å². The van der Waals surface area contributed by atoms with Crippen molar-refractivity contribution in [3.8, 4) is 0 Å². The van der Waals surface area contributed by atoms with Crippen molar-refractivity contribution >= 4 is 0 Å². The molecule has 0 saturated carbocycles. The Labute approximate surface area is 101 Å². The zero-order chi connectivity index (χ0) is 12.5. The standard InChI is InChI=1S/C13H18N2O2/c1-13(2)9-8-11(15(13)14-17)12(16)10-6-4-3-5-7-10/h3-7,11-12,16H,8-9H2,1-2H3. The summed E-state index contributed by atoms with van der Waals surface area (Å²) in [6.07, 6.45) is 0.998. The lowest BCUT2D eigenvalue weighted by Crippen LogP contribution is -2.41. The van der Waals surface area contributed by atoms with Crippen molar-refractivity contribution in [3.63, 3.8) is 0 Å². The third kappa shape index (κ3) is 2.17. The lowest BCUT2D eigenvalue weighted by Gasteiger charge is -2.32. The third-order valence-electron chi connectivity index (χ3n) is 3.58. The topological polar surface area (TPSA) is 52.9 Å². The predicted octanol–water partition coefficient (Wildman–Crippen LogP) is 2.64. The number of nitrogens with zero attached hydrogens (tertiary/aromatic N) is 2. The van der Waals surface area contributed by atoms with E-state index < -0.39 is 6.10 Å². The van der Waals surface area contributed by atoms with Crippen molar-refractivity contribution in [2.45, 2.75) is 44.4 Å². The fraction of sp³-hybridized carbons (Fsp3) is 0.538. The van der Waals surface area contributed by atoms with E-state index in [0.717, 1.165) is 18.4 Å². The largest absolute Gasteiger partial charge is 0.386 e. The molecule has 0 bridgehead atoms. The summed E-state index contributed by atoms with van der Waals surface area (Å²) in [6.45, 7) is 3.96. The van der Waals surface area contributed by atoms with E-state index in [1.807, 2.05) is 44.2 Å². The van der Waals surface area contributed by atoms with Crippen LogP contribution in [0.1, 0.15) is 38.4 Å². The van der Waals surface area contributed by atoms with E-state index in [1.54, 1.807) is 0 Å². The van der Waals surface area contributed by atoms with E-state index in [0.29, 0.717) is 0 Å². The molecule has 0 radical (unpaired) electrons. The second kappa shape index (κ2) is 4.45. The molecule has 17 heavy (non-hydrogen) atoms. The number of rotatable bonds is 3. The molecule has 2 unspecified atom stereocenters. The molecular weight excluding hydrogens is 216 g/mol. The monoisotopic (exact) mass is 234 g/mol. The van der Waals surface area contributed by atoms with Crippen molar-refractivity contribution < 1.29 is 5.11 Å². The molecule has 2 rings (SSSR count). The van der Waals surface area contributed by atoms with Crippen LogP contribution in [0.4, 0.5) is 0 Å². The average molecular weight is 234 g/mol. The molecule has 4 heteroatoms. The minimum atomic E-state index is -0.657. The predicted molar refractivity (Wildman–Crippen MR) is 66.1 cm³/mol. The Morgan fingerprint density at radius 3 is 2.65 bits per heavy atom. The first kappa shape index (κ1) is 12.0. The molecule has 1 heterocycles. The van der Waals surface area contributed by atoms with Gasteiger partial charge in [0.05, 0.1) is 16.9 Å². The number of nitroso groups, excluding NO2 is 1. The summed E-state index contributed by atoms with van der Waals surface area (Å²) in [5.41, 5.74) is 0.575. The van der Waals surface area contributed by atoms with Crippen LogP contribution in [-0.4, -0.2) is 21.7 Å². The molecule has 0 spiro atoms. The van der Waals surface area contributed by atoms with E-state index >= 15 is 0 Å². The van der Waals surface area contributed by atoms with Crippen molar-refractivity contribution in [3.05, 3.63) is 40.8 Å². The van der Waals surface area contributed by atoms with Gasteiger partial charge in [-0.1, -0.05) is 30.3 Å². The van der Waals surface area contributed by atoms with Crippen LogP contribution in [0.5, 0.6) is 0 Å². The van der Waals surface area contributed by atoms with E-state index in [4.69, 9.17) is 0 Å². The molecule has 0 aromatic heterocycles. The van der Waals surface area contributed by atoms with Crippen LogP contribution in [-0.2, 0) is 0 Å². The Balaban J connectivity index is 2.21. The van der Waals surface area contributed by atoms with Gasteiger partial charge in [0.25, 0.3) is 0 Å². The van der Waals surface area contributed by atoms with Crippen LogP contribution < -0.4 is 0 Å². The highest BCUT2D eigenvalue weighted by atomic mass is 16.3. The van der Waals surface area contributed by atoms with Crippen molar-refractivity contribution in [2.75, 3.05) is 0 Å². The quantitative estimate of drug-likeness (QED) is 0.818. The van der Waals surface area contributed by atoms with E-state index in [2.05, 4.69) is 5.29 Å². The highest BCUT2D eigenvalue weighted by Crippen LogP contribution is 2.39. The average Bonchev–Trinajstić information content (AvgIpc) is 2.64. The molecule has 1 saturated heterocycles. The first-order valence-electron chi connectivity index (χ1n) is 5.92. The fourth-order valence-corrected chi connectivity index (χ4v) is 2.52. The molecular formula is C13H18N2O2. The summed E-state index contributed by atoms with van der Waals surface area (Å²) < 4.78 is 0. The third-order valence-corrected chi connectivity index (χ3v) is 3.58. The Morgan fingerprint density at radius 1 is 1.41 bits per heavy atom. The first-order chi connectivity index (χ1) is 8.06. The molecule has 92 valence electrons. The Bertz CT molecular complexity index is 392. The normalized spacial score (nSPS) is 24.6. The maximum absolute atomic E-state index is 10.9. The minimum absolute atomic E-state index is 0.218. The highest BCUT2D eigenvalue weighted by Gasteiger charge is 2.43. The number of benzene rings is 1. The number of hydrogen-bond acceptors (Lipinski definition) is 3. The van der Waals surface area contributed by atoms with Crippen LogP contribution >= 0.6 is 0 Å². The maximum Gasteiger partial charge on any atom is 0.101 e. The van der Waals surface area contributed by atoms with Gasteiger partial charge in [0.2, 0.25) is 0 Å². The van der Waals surface area contributed by atoms with E-state index in [9.17, 15) is 10.0 Å². The lowest BCUT2D eigenvalue weighted by molar-refractivity contribution is 0.0338. The Morgan fingerprint density at radius 2 is 2.06 bits per heavy atom. The second-order valence-corrected chi connectivity index (χ2v) is 5.20. The molecule has 1 aliphatic rings. The van der Waals surface area contributed by atoms with Gasteiger partial charge in [-0.3, -0.25) is 0 Å². The van der Waals surface area contributed by atoms with Crippen LogP contribution in [0.25, 0.3) is 0 Å². The summed E-state index contributed by atoms with van der Waals surface area (Å²) in [7, 11) is 0. The van der Waals surface area contributed by atoms with Crippen LogP contribution in [0, 0.1) is 4.91 Å². The van der Waals surface area contributed by atoms with Gasteiger partial charge in [0, 0.05) is 0 Å². The molecule has 1 N–H and O–H groups in total. The molecule has 0 aliphatic carbocycles. The first-order valence-corrected chi connectivity index (χ1v) is 5.92. The molecule has 4 nitrogen and oxygen atoms in total. The van der Waals surface area contributed by atoms with Gasteiger partial charge in [-0.15, -0.1) is 4.91 Å². The van der Waals surface area contributed by atoms with E-state index in [-0.39, 0.29) is 11.6 Å². The minimum Gasteiger partial charge on any atom is -0.386 e. The smallest absolute Gasteiger partial charge is 0.101 e. The molecule has 0 amide bonds. The van der Waals surface area contributed by atoms with Gasteiger partial charge in [-0.05, 0) is 32.3 Å². The van der Waals surface area contributed by atoms with Crippen molar-refractivity contribution in [1.82, 2.24) is 5.01 Å². The zero-order valence-corrected chi connectivity index (χ0v) is 10.2. The summed E-state index contributed by atoms with van der Waals surface area (Å²) in [5.74, 6) is 0. The number of aliphatic hydroxyl groups excluding tert-OH is 1. The van der Waals surface area contributed by atoms with Gasteiger partial charge >= 0.3 is 0 Å².